The van der Waals surface area contributed by atoms with Crippen LogP contribution < -0.4 is 0 Å². The van der Waals surface area contributed by atoms with Crippen molar-refractivity contribution in [1.82, 2.24) is 0 Å². The molecular weight excluding hydrogens is 220 g/mol. The second-order valence-corrected chi connectivity index (χ2v) is 4.92. The van der Waals surface area contributed by atoms with Gasteiger partial charge in [0.15, 0.2) is 0 Å². The minimum atomic E-state index is 0.782. The first kappa shape index (κ1) is 13.4. The van der Waals surface area contributed by atoms with Crippen LogP contribution in [0.2, 0.25) is 0 Å². The van der Waals surface area contributed by atoms with Crippen molar-refractivity contribution in [3.63, 3.8) is 0 Å². The maximum absolute atomic E-state index is 5.44. The van der Waals surface area contributed by atoms with E-state index in [1.165, 1.54) is 24.8 Å². The van der Waals surface area contributed by atoms with Crippen molar-refractivity contribution in [2.24, 2.45) is 5.92 Å². The van der Waals surface area contributed by atoms with Crippen molar-refractivity contribution in [2.75, 3.05) is 13.2 Å². The molecule has 0 amide bonds. The van der Waals surface area contributed by atoms with Crippen molar-refractivity contribution < 1.29 is 4.74 Å². The molecule has 0 atom stereocenters. The monoisotopic (exact) mass is 243 g/mol. The van der Waals surface area contributed by atoms with Gasteiger partial charge in [0, 0.05) is 13.2 Å². The van der Waals surface area contributed by atoms with Crippen molar-refractivity contribution in [2.45, 2.75) is 32.6 Å². The van der Waals surface area contributed by atoms with Gasteiger partial charge in [0.2, 0.25) is 0 Å². The Morgan fingerprint density at radius 2 is 1.94 bits per heavy atom. The average molecular weight is 243 g/mol. The van der Waals surface area contributed by atoms with Gasteiger partial charge in [-0.1, -0.05) is 49.4 Å². The lowest BCUT2D eigenvalue weighted by Crippen LogP contribution is -2.21. The van der Waals surface area contributed by atoms with E-state index in [0.717, 1.165) is 25.6 Å². The lowest BCUT2D eigenvalue weighted by molar-refractivity contribution is 0.0685. The molecule has 97 valence electrons. The summed E-state index contributed by atoms with van der Waals surface area (Å²) in [6, 6.07) is 10.5. The molecule has 1 heteroatoms. The summed E-state index contributed by atoms with van der Waals surface area (Å²) in [5, 5.41) is 0. The van der Waals surface area contributed by atoms with Gasteiger partial charge in [0.1, 0.15) is 0 Å². The van der Waals surface area contributed by atoms with E-state index in [2.05, 4.69) is 49.4 Å². The van der Waals surface area contributed by atoms with Crippen LogP contribution in [0, 0.1) is 11.8 Å². The number of benzene rings is 1. The maximum atomic E-state index is 5.44. The molecule has 1 aliphatic heterocycles. The SMILES string of the molecule is CC[C](CC=Cc1ccccc1)C1CCOCC1. The van der Waals surface area contributed by atoms with Crippen molar-refractivity contribution in [3.8, 4) is 0 Å². The second-order valence-electron chi connectivity index (χ2n) is 4.92. The van der Waals surface area contributed by atoms with Gasteiger partial charge in [0.05, 0.1) is 0 Å². The quantitative estimate of drug-likeness (QED) is 0.739. The molecule has 0 saturated carbocycles. The summed E-state index contributed by atoms with van der Waals surface area (Å²) in [6.45, 7) is 4.16. The van der Waals surface area contributed by atoms with E-state index in [4.69, 9.17) is 4.74 Å². The molecule has 1 saturated heterocycles. The average Bonchev–Trinajstić information content (AvgIpc) is 2.46. The third kappa shape index (κ3) is 3.99. The maximum Gasteiger partial charge on any atom is 0.0468 e. The summed E-state index contributed by atoms with van der Waals surface area (Å²) < 4.78 is 5.44. The highest BCUT2D eigenvalue weighted by Gasteiger charge is 2.21. The Hall–Kier alpha value is -1.08. The van der Waals surface area contributed by atoms with Gasteiger partial charge < -0.3 is 4.74 Å². The lowest BCUT2D eigenvalue weighted by atomic mass is 9.82. The first-order chi connectivity index (χ1) is 8.90. The Bertz CT molecular complexity index is 349. The minimum absolute atomic E-state index is 0.782. The second kappa shape index (κ2) is 7.38. The molecule has 2 rings (SSSR count). The fraction of sp³-hybridized carbons (Fsp3) is 0.471. The highest BCUT2D eigenvalue weighted by atomic mass is 16.5. The van der Waals surface area contributed by atoms with Crippen LogP contribution in [0.1, 0.15) is 38.2 Å². The Balaban J connectivity index is 1.84. The zero-order chi connectivity index (χ0) is 12.6. The van der Waals surface area contributed by atoms with Gasteiger partial charge in [-0.25, -0.2) is 0 Å². The first-order valence-electron chi connectivity index (χ1n) is 7.04. The van der Waals surface area contributed by atoms with Crippen molar-refractivity contribution >= 4 is 6.08 Å². The molecule has 1 aromatic rings. The Kier molecular flexibility index (Phi) is 5.47. The van der Waals surface area contributed by atoms with Crippen LogP contribution in [0.5, 0.6) is 0 Å². The zero-order valence-electron chi connectivity index (χ0n) is 11.3. The topological polar surface area (TPSA) is 9.23 Å². The molecule has 0 spiro atoms. The van der Waals surface area contributed by atoms with E-state index in [0.29, 0.717) is 0 Å². The van der Waals surface area contributed by atoms with E-state index in [1.54, 1.807) is 5.92 Å². The largest absolute Gasteiger partial charge is 0.381 e. The predicted octanol–water partition coefficient (Wildman–Crippen LogP) is 4.50. The van der Waals surface area contributed by atoms with Crippen LogP contribution in [0.4, 0.5) is 0 Å². The number of allylic oxidation sites excluding steroid dienone is 1. The highest BCUT2D eigenvalue weighted by Crippen LogP contribution is 2.31. The summed E-state index contributed by atoms with van der Waals surface area (Å²) in [7, 11) is 0. The lowest BCUT2D eigenvalue weighted by Gasteiger charge is -2.28. The third-order valence-electron chi connectivity index (χ3n) is 3.74. The van der Waals surface area contributed by atoms with Gasteiger partial charge in [-0.3, -0.25) is 0 Å². The fourth-order valence-corrected chi connectivity index (χ4v) is 2.62. The molecule has 0 unspecified atom stereocenters. The molecule has 1 nitrogen and oxygen atoms in total. The van der Waals surface area contributed by atoms with E-state index in [9.17, 15) is 0 Å². The van der Waals surface area contributed by atoms with E-state index in [1.807, 2.05) is 0 Å². The molecule has 18 heavy (non-hydrogen) atoms. The number of ether oxygens (including phenoxy) is 1. The van der Waals surface area contributed by atoms with E-state index in [-0.39, 0.29) is 0 Å². The van der Waals surface area contributed by atoms with Gasteiger partial charge >= 0.3 is 0 Å². The van der Waals surface area contributed by atoms with Crippen LogP contribution in [0.3, 0.4) is 0 Å². The summed E-state index contributed by atoms with van der Waals surface area (Å²) in [6.07, 6.45) is 9.28. The molecule has 1 radical (unpaired) electrons. The molecule has 0 aromatic heterocycles. The highest BCUT2D eigenvalue weighted by molar-refractivity contribution is 5.48. The number of hydrogen-bond donors (Lipinski definition) is 0. The normalized spacial score (nSPS) is 17.7. The van der Waals surface area contributed by atoms with Crippen LogP contribution in [0.15, 0.2) is 36.4 Å². The van der Waals surface area contributed by atoms with Crippen LogP contribution in [-0.2, 0) is 4.74 Å². The molecule has 1 fully saturated rings. The number of rotatable bonds is 5. The molecule has 0 bridgehead atoms. The molecule has 1 heterocycles. The fourth-order valence-electron chi connectivity index (χ4n) is 2.62. The zero-order valence-corrected chi connectivity index (χ0v) is 11.3. The minimum Gasteiger partial charge on any atom is -0.381 e. The van der Waals surface area contributed by atoms with E-state index >= 15 is 0 Å². The molecule has 1 aliphatic rings. The van der Waals surface area contributed by atoms with Crippen LogP contribution >= 0.6 is 0 Å². The van der Waals surface area contributed by atoms with Crippen LogP contribution in [0.25, 0.3) is 6.08 Å². The van der Waals surface area contributed by atoms with Gasteiger partial charge in [-0.15, -0.1) is 0 Å². The summed E-state index contributed by atoms with van der Waals surface area (Å²) in [5.41, 5.74) is 1.29. The summed E-state index contributed by atoms with van der Waals surface area (Å²) in [4.78, 5) is 0. The molecular formula is C17H23O. The van der Waals surface area contributed by atoms with Crippen LogP contribution in [-0.4, -0.2) is 13.2 Å². The molecule has 0 N–H and O–H groups in total. The summed E-state index contributed by atoms with van der Waals surface area (Å²) >= 11 is 0. The van der Waals surface area contributed by atoms with Gasteiger partial charge in [-0.05, 0) is 43.1 Å². The Morgan fingerprint density at radius 1 is 1.22 bits per heavy atom. The van der Waals surface area contributed by atoms with E-state index < -0.39 is 0 Å². The van der Waals surface area contributed by atoms with Crippen molar-refractivity contribution in [1.29, 1.82) is 0 Å². The molecule has 1 aromatic carbocycles. The number of hydrogen-bond acceptors (Lipinski definition) is 1. The Morgan fingerprint density at radius 3 is 2.61 bits per heavy atom. The smallest absolute Gasteiger partial charge is 0.0468 e. The van der Waals surface area contributed by atoms with Gasteiger partial charge in [0.25, 0.3) is 0 Å². The van der Waals surface area contributed by atoms with Gasteiger partial charge in [-0.2, -0.15) is 0 Å². The first-order valence-corrected chi connectivity index (χ1v) is 7.04. The standard InChI is InChI=1S/C17H23O/c1-2-16(17-11-13-18-14-12-17)10-6-9-15-7-4-3-5-8-15/h3-9,17H,2,10-14H2,1H3. The van der Waals surface area contributed by atoms with Crippen molar-refractivity contribution in [3.05, 3.63) is 47.9 Å². The predicted molar refractivity (Wildman–Crippen MR) is 77.2 cm³/mol. The molecule has 0 aliphatic carbocycles. The Labute approximate surface area is 111 Å². The third-order valence-corrected chi connectivity index (χ3v) is 3.74. The summed E-state index contributed by atoms with van der Waals surface area (Å²) in [5.74, 6) is 2.47.